The Labute approximate surface area is 112 Å². The molecule has 1 aliphatic rings. The topological polar surface area (TPSA) is 35.5 Å². The zero-order valence-electron chi connectivity index (χ0n) is 10.5. The van der Waals surface area contributed by atoms with E-state index >= 15 is 0 Å². The summed E-state index contributed by atoms with van der Waals surface area (Å²) in [4.78, 5) is 11.5. The van der Waals surface area contributed by atoms with Crippen LogP contribution in [0.3, 0.4) is 0 Å². The van der Waals surface area contributed by atoms with Crippen LogP contribution in [-0.4, -0.2) is 24.2 Å². The lowest BCUT2D eigenvalue weighted by molar-refractivity contribution is -0.186. The van der Waals surface area contributed by atoms with Gasteiger partial charge in [0.25, 0.3) is 0 Å². The number of hydrogen-bond donors (Lipinski definition) is 0. The fourth-order valence-electron chi connectivity index (χ4n) is 1.90. The molecule has 0 spiro atoms. The zero-order chi connectivity index (χ0) is 12.3. The van der Waals surface area contributed by atoms with Crippen molar-refractivity contribution in [3.63, 3.8) is 0 Å². The quantitative estimate of drug-likeness (QED) is 0.389. The third-order valence-electron chi connectivity index (χ3n) is 2.92. The van der Waals surface area contributed by atoms with Crippen molar-refractivity contribution in [2.75, 3.05) is 11.9 Å². The van der Waals surface area contributed by atoms with Gasteiger partial charge in [-0.05, 0) is 25.7 Å². The predicted molar refractivity (Wildman–Crippen MR) is 71.2 cm³/mol. The highest BCUT2D eigenvalue weighted by Gasteiger charge is 2.17. The van der Waals surface area contributed by atoms with Gasteiger partial charge in [-0.2, -0.15) is 0 Å². The maximum atomic E-state index is 11.5. The minimum absolute atomic E-state index is 0.0996. The van der Waals surface area contributed by atoms with Crippen molar-refractivity contribution >= 4 is 21.9 Å². The van der Waals surface area contributed by atoms with E-state index in [4.69, 9.17) is 9.47 Å². The normalized spacial score (nSPS) is 20.2. The molecule has 0 aliphatic carbocycles. The highest BCUT2D eigenvalue weighted by molar-refractivity contribution is 9.09. The molecule has 0 aromatic carbocycles. The Morgan fingerprint density at radius 3 is 2.65 bits per heavy atom. The molecule has 1 heterocycles. The molecule has 1 saturated heterocycles. The zero-order valence-corrected chi connectivity index (χ0v) is 12.0. The molecule has 100 valence electrons. The van der Waals surface area contributed by atoms with Crippen molar-refractivity contribution in [2.24, 2.45) is 0 Å². The molecule has 1 rings (SSSR count). The number of alkyl halides is 1. The second-order valence-corrected chi connectivity index (χ2v) is 5.29. The van der Waals surface area contributed by atoms with Gasteiger partial charge in [0.05, 0.1) is 6.61 Å². The second-order valence-electron chi connectivity index (χ2n) is 4.49. The third-order valence-corrected chi connectivity index (χ3v) is 3.48. The van der Waals surface area contributed by atoms with Crippen molar-refractivity contribution < 1.29 is 14.3 Å². The van der Waals surface area contributed by atoms with Gasteiger partial charge in [-0.25, -0.2) is 0 Å². The Morgan fingerprint density at radius 1 is 1.18 bits per heavy atom. The van der Waals surface area contributed by atoms with Crippen LogP contribution >= 0.6 is 15.9 Å². The summed E-state index contributed by atoms with van der Waals surface area (Å²) in [7, 11) is 0. The van der Waals surface area contributed by atoms with Crippen LogP contribution in [0.4, 0.5) is 0 Å². The first-order chi connectivity index (χ1) is 8.33. The average Bonchev–Trinajstić information content (AvgIpc) is 2.35. The summed E-state index contributed by atoms with van der Waals surface area (Å²) in [6.07, 6.45) is 9.04. The SMILES string of the molecule is O=C(CCCCCCCBr)OC1CCCCO1. The first-order valence-electron chi connectivity index (χ1n) is 6.70. The van der Waals surface area contributed by atoms with Gasteiger partial charge < -0.3 is 9.47 Å². The Kier molecular flexibility index (Phi) is 8.71. The first kappa shape index (κ1) is 15.0. The number of rotatable bonds is 8. The smallest absolute Gasteiger partial charge is 0.308 e. The number of halogens is 1. The molecule has 0 bridgehead atoms. The number of carbonyl (C=O) groups is 1. The molecule has 1 unspecified atom stereocenters. The van der Waals surface area contributed by atoms with Crippen LogP contribution in [0.15, 0.2) is 0 Å². The van der Waals surface area contributed by atoms with E-state index in [1.165, 1.54) is 19.3 Å². The second kappa shape index (κ2) is 9.89. The van der Waals surface area contributed by atoms with Crippen LogP contribution in [0.1, 0.15) is 57.8 Å². The van der Waals surface area contributed by atoms with Gasteiger partial charge in [-0.15, -0.1) is 0 Å². The van der Waals surface area contributed by atoms with E-state index in [1.54, 1.807) is 0 Å². The molecule has 0 radical (unpaired) electrons. The molecule has 0 aromatic heterocycles. The molecule has 0 amide bonds. The number of hydrogen-bond acceptors (Lipinski definition) is 3. The van der Waals surface area contributed by atoms with Crippen LogP contribution in [0, 0.1) is 0 Å². The Hall–Kier alpha value is -0.0900. The van der Waals surface area contributed by atoms with E-state index in [0.29, 0.717) is 6.42 Å². The van der Waals surface area contributed by atoms with Gasteiger partial charge in [0.2, 0.25) is 6.29 Å². The van der Waals surface area contributed by atoms with Crippen molar-refractivity contribution in [1.29, 1.82) is 0 Å². The standard InChI is InChI=1S/C13H23BrO3/c14-10-6-3-1-2-4-8-12(15)17-13-9-5-7-11-16-13/h13H,1-11H2. The summed E-state index contributed by atoms with van der Waals surface area (Å²) in [5.41, 5.74) is 0. The third kappa shape index (κ3) is 7.77. The van der Waals surface area contributed by atoms with E-state index < -0.39 is 0 Å². The first-order valence-corrected chi connectivity index (χ1v) is 7.82. The number of carbonyl (C=O) groups excluding carboxylic acids is 1. The molecule has 17 heavy (non-hydrogen) atoms. The van der Waals surface area contributed by atoms with Crippen molar-refractivity contribution in [3.05, 3.63) is 0 Å². The number of unbranched alkanes of at least 4 members (excludes halogenated alkanes) is 4. The summed E-state index contributed by atoms with van der Waals surface area (Å²) in [5, 5.41) is 1.08. The van der Waals surface area contributed by atoms with Crippen LogP contribution in [-0.2, 0) is 14.3 Å². The molecule has 3 nitrogen and oxygen atoms in total. The van der Waals surface area contributed by atoms with Crippen LogP contribution in [0.25, 0.3) is 0 Å². The van der Waals surface area contributed by atoms with E-state index in [0.717, 1.165) is 44.0 Å². The van der Waals surface area contributed by atoms with E-state index in [-0.39, 0.29) is 12.3 Å². The summed E-state index contributed by atoms with van der Waals surface area (Å²) in [5.74, 6) is -0.0996. The lowest BCUT2D eigenvalue weighted by Crippen LogP contribution is -2.25. The van der Waals surface area contributed by atoms with E-state index in [9.17, 15) is 4.79 Å². The Balaban J connectivity index is 1.93. The molecular formula is C13H23BrO3. The van der Waals surface area contributed by atoms with Crippen molar-refractivity contribution in [2.45, 2.75) is 64.1 Å². The average molecular weight is 307 g/mol. The summed E-state index contributed by atoms with van der Waals surface area (Å²) < 4.78 is 10.6. The minimum Gasteiger partial charge on any atom is -0.436 e. The highest BCUT2D eigenvalue weighted by Crippen LogP contribution is 2.15. The predicted octanol–water partition coefficient (Wildman–Crippen LogP) is 3.79. The minimum atomic E-state index is -0.273. The summed E-state index contributed by atoms with van der Waals surface area (Å²) in [6.45, 7) is 0.727. The lowest BCUT2D eigenvalue weighted by atomic mass is 10.1. The lowest BCUT2D eigenvalue weighted by Gasteiger charge is -2.22. The molecule has 0 saturated carbocycles. The monoisotopic (exact) mass is 306 g/mol. The summed E-state index contributed by atoms with van der Waals surface area (Å²) >= 11 is 3.41. The van der Waals surface area contributed by atoms with E-state index in [2.05, 4.69) is 15.9 Å². The number of esters is 1. The molecule has 1 aliphatic heterocycles. The number of ether oxygens (including phenoxy) is 2. The molecule has 4 heteroatoms. The van der Waals surface area contributed by atoms with Crippen LogP contribution < -0.4 is 0 Å². The fourth-order valence-corrected chi connectivity index (χ4v) is 2.30. The van der Waals surface area contributed by atoms with Gasteiger partial charge in [0.15, 0.2) is 0 Å². The van der Waals surface area contributed by atoms with Gasteiger partial charge in [-0.3, -0.25) is 4.79 Å². The highest BCUT2D eigenvalue weighted by atomic mass is 79.9. The molecule has 1 fully saturated rings. The maximum Gasteiger partial charge on any atom is 0.308 e. The van der Waals surface area contributed by atoms with Gasteiger partial charge in [0.1, 0.15) is 0 Å². The Bertz CT molecular complexity index is 203. The molecule has 0 aromatic rings. The van der Waals surface area contributed by atoms with E-state index in [1.807, 2.05) is 0 Å². The molecular weight excluding hydrogens is 284 g/mol. The van der Waals surface area contributed by atoms with Crippen molar-refractivity contribution in [1.82, 2.24) is 0 Å². The van der Waals surface area contributed by atoms with Gasteiger partial charge in [0, 0.05) is 18.2 Å². The van der Waals surface area contributed by atoms with Crippen LogP contribution in [0.5, 0.6) is 0 Å². The van der Waals surface area contributed by atoms with Crippen LogP contribution in [0.2, 0.25) is 0 Å². The molecule has 1 atom stereocenters. The summed E-state index contributed by atoms with van der Waals surface area (Å²) in [6, 6.07) is 0. The van der Waals surface area contributed by atoms with Crippen molar-refractivity contribution in [3.8, 4) is 0 Å². The maximum absolute atomic E-state index is 11.5. The van der Waals surface area contributed by atoms with Gasteiger partial charge in [-0.1, -0.05) is 35.2 Å². The molecule has 0 N–H and O–H groups in total. The fraction of sp³-hybridized carbons (Fsp3) is 0.923. The largest absolute Gasteiger partial charge is 0.436 e. The van der Waals surface area contributed by atoms with Gasteiger partial charge >= 0.3 is 5.97 Å². The Morgan fingerprint density at radius 2 is 1.94 bits per heavy atom.